The lowest BCUT2D eigenvalue weighted by molar-refractivity contribution is -0.274. The van der Waals surface area contributed by atoms with Crippen molar-refractivity contribution in [2.75, 3.05) is 0 Å². The molecule has 16 heavy (non-hydrogen) atoms. The van der Waals surface area contributed by atoms with Gasteiger partial charge in [0.05, 0.1) is 0 Å². The van der Waals surface area contributed by atoms with Crippen molar-refractivity contribution in [2.45, 2.75) is 23.0 Å². The van der Waals surface area contributed by atoms with Gasteiger partial charge in [0.1, 0.15) is 10.1 Å². The van der Waals surface area contributed by atoms with Crippen LogP contribution in [0.5, 0.6) is 5.75 Å². The molecule has 6 heteroatoms. The topological polar surface area (TPSA) is 9.23 Å². The van der Waals surface area contributed by atoms with Gasteiger partial charge >= 0.3 is 6.36 Å². The maximum Gasteiger partial charge on any atom is 0.573 e. The second-order valence-corrected chi connectivity index (χ2v) is 5.18. The molecule has 0 aromatic heterocycles. The average Bonchev–Trinajstić information content (AvgIpc) is 2.73. The van der Waals surface area contributed by atoms with Crippen LogP contribution in [0.25, 0.3) is 0 Å². The molecule has 1 aliphatic rings. The summed E-state index contributed by atoms with van der Waals surface area (Å²) in [5.41, 5.74) is 0.819. The predicted octanol–water partition coefficient (Wildman–Crippen LogP) is 4.25. The number of halogens is 5. The first-order valence-corrected chi connectivity index (χ1v) is 5.27. The number of benzene rings is 1. The van der Waals surface area contributed by atoms with Crippen LogP contribution in [0.2, 0.25) is 0 Å². The molecule has 88 valence electrons. The summed E-state index contributed by atoms with van der Waals surface area (Å²) in [5, 5.41) is 0. The zero-order valence-corrected chi connectivity index (χ0v) is 9.40. The number of ether oxygens (including phenoxy) is 1. The van der Waals surface area contributed by atoms with E-state index < -0.39 is 10.7 Å². The summed E-state index contributed by atoms with van der Waals surface area (Å²) in [4.78, 5) is 0. The Kier molecular flexibility index (Phi) is 2.75. The van der Waals surface area contributed by atoms with Gasteiger partial charge in [-0.15, -0.1) is 36.4 Å². The highest BCUT2D eigenvalue weighted by Gasteiger charge is 2.52. The minimum atomic E-state index is -4.66. The predicted molar refractivity (Wildman–Crippen MR) is 54.9 cm³/mol. The maximum atomic E-state index is 11.9. The summed E-state index contributed by atoms with van der Waals surface area (Å²) in [5.74, 6) is -0.248. The molecule has 0 heterocycles. The first-order chi connectivity index (χ1) is 7.28. The lowest BCUT2D eigenvalue weighted by Crippen LogP contribution is -2.17. The second-order valence-electron chi connectivity index (χ2n) is 3.63. The molecule has 1 atom stereocenters. The minimum absolute atomic E-state index is 0.00392. The van der Waals surface area contributed by atoms with Crippen molar-refractivity contribution in [2.24, 2.45) is 0 Å². The van der Waals surface area contributed by atoms with Crippen molar-refractivity contribution in [1.29, 1.82) is 0 Å². The summed E-state index contributed by atoms with van der Waals surface area (Å²) in [6.45, 7) is 0. The van der Waals surface area contributed by atoms with E-state index in [1.54, 1.807) is 0 Å². The molecule has 1 aromatic carbocycles. The first-order valence-electron chi connectivity index (χ1n) is 4.51. The standard InChI is InChI=1S/C10H7Cl2F3O/c11-9(12)5-8(9)6-1-3-7(4-2-6)16-10(13,14)15/h1-4,8H,5H2. The third kappa shape index (κ3) is 2.74. The Balaban J connectivity index is 2.06. The first kappa shape index (κ1) is 11.9. The smallest absolute Gasteiger partial charge is 0.406 e. The van der Waals surface area contributed by atoms with Crippen LogP contribution in [0.4, 0.5) is 13.2 Å². The quantitative estimate of drug-likeness (QED) is 0.731. The number of hydrogen-bond acceptors (Lipinski definition) is 1. The van der Waals surface area contributed by atoms with Gasteiger partial charge in [0.25, 0.3) is 0 Å². The third-order valence-corrected chi connectivity index (χ3v) is 3.18. The molecule has 1 nitrogen and oxygen atoms in total. The number of rotatable bonds is 2. The van der Waals surface area contributed by atoms with Gasteiger partial charge in [-0.1, -0.05) is 12.1 Å². The zero-order valence-electron chi connectivity index (χ0n) is 7.89. The van der Waals surface area contributed by atoms with E-state index in [0.29, 0.717) is 6.42 Å². The van der Waals surface area contributed by atoms with Crippen molar-refractivity contribution < 1.29 is 17.9 Å². The molecule has 1 saturated carbocycles. The second kappa shape index (κ2) is 3.70. The molecule has 0 spiro atoms. The highest BCUT2D eigenvalue weighted by Crippen LogP contribution is 2.59. The van der Waals surface area contributed by atoms with Crippen molar-refractivity contribution >= 4 is 23.2 Å². The van der Waals surface area contributed by atoms with E-state index in [0.717, 1.165) is 5.56 Å². The average molecular weight is 271 g/mol. The number of hydrogen-bond donors (Lipinski definition) is 0. The molecular formula is C10H7Cl2F3O. The fraction of sp³-hybridized carbons (Fsp3) is 0.400. The Hall–Kier alpha value is -0.610. The molecule has 1 aromatic rings. The molecular weight excluding hydrogens is 264 g/mol. The van der Waals surface area contributed by atoms with Crippen LogP contribution >= 0.6 is 23.2 Å². The lowest BCUT2D eigenvalue weighted by atomic mass is 10.1. The van der Waals surface area contributed by atoms with Crippen molar-refractivity contribution in [1.82, 2.24) is 0 Å². The molecule has 0 saturated heterocycles. The van der Waals surface area contributed by atoms with E-state index in [2.05, 4.69) is 4.74 Å². The monoisotopic (exact) mass is 270 g/mol. The fourth-order valence-corrected chi connectivity index (χ4v) is 2.04. The molecule has 0 N–H and O–H groups in total. The zero-order chi connectivity index (χ0) is 12.0. The van der Waals surface area contributed by atoms with Gasteiger partial charge in [0.2, 0.25) is 0 Å². The Morgan fingerprint density at radius 1 is 1.19 bits per heavy atom. The van der Waals surface area contributed by atoms with Crippen LogP contribution in [0.1, 0.15) is 17.9 Å². The van der Waals surface area contributed by atoms with Crippen molar-refractivity contribution in [3.05, 3.63) is 29.8 Å². The van der Waals surface area contributed by atoms with Crippen LogP contribution in [-0.2, 0) is 0 Å². The third-order valence-electron chi connectivity index (χ3n) is 2.34. The maximum absolute atomic E-state index is 11.9. The van der Waals surface area contributed by atoms with E-state index in [9.17, 15) is 13.2 Å². The highest BCUT2D eigenvalue weighted by molar-refractivity contribution is 6.51. The van der Waals surface area contributed by atoms with Gasteiger partial charge in [-0.25, -0.2) is 0 Å². The van der Waals surface area contributed by atoms with Crippen molar-refractivity contribution in [3.8, 4) is 5.75 Å². The van der Waals surface area contributed by atoms with E-state index in [4.69, 9.17) is 23.2 Å². The summed E-state index contributed by atoms with van der Waals surface area (Å²) >= 11 is 11.7. The summed E-state index contributed by atoms with van der Waals surface area (Å²) in [6.07, 6.45) is -4.04. The van der Waals surface area contributed by atoms with Crippen LogP contribution in [0.3, 0.4) is 0 Å². The van der Waals surface area contributed by atoms with Gasteiger partial charge in [0, 0.05) is 5.92 Å². The molecule has 0 radical (unpaired) electrons. The van der Waals surface area contributed by atoms with Crippen LogP contribution in [0, 0.1) is 0 Å². The Bertz CT molecular complexity index is 386. The molecule has 0 aliphatic heterocycles. The SMILES string of the molecule is FC(F)(F)Oc1ccc(C2CC2(Cl)Cl)cc1. The van der Waals surface area contributed by atoms with Crippen molar-refractivity contribution in [3.63, 3.8) is 0 Å². The van der Waals surface area contributed by atoms with Gasteiger partial charge in [-0.05, 0) is 24.1 Å². The summed E-state index contributed by atoms with van der Waals surface area (Å²) in [6, 6.07) is 5.59. The van der Waals surface area contributed by atoms with Crippen LogP contribution in [-0.4, -0.2) is 10.7 Å². The molecule has 0 amide bonds. The van der Waals surface area contributed by atoms with E-state index >= 15 is 0 Å². The Morgan fingerprint density at radius 2 is 1.69 bits per heavy atom. The molecule has 1 fully saturated rings. The molecule has 2 rings (SSSR count). The molecule has 1 aliphatic carbocycles. The highest BCUT2D eigenvalue weighted by atomic mass is 35.5. The largest absolute Gasteiger partial charge is 0.573 e. The normalized spacial score (nSPS) is 22.9. The Labute approximate surface area is 100 Å². The summed E-state index contributed by atoms with van der Waals surface area (Å²) in [7, 11) is 0. The van der Waals surface area contributed by atoms with E-state index in [1.165, 1.54) is 24.3 Å². The van der Waals surface area contributed by atoms with Gasteiger partial charge in [0.15, 0.2) is 0 Å². The van der Waals surface area contributed by atoms with E-state index in [-0.39, 0.29) is 11.7 Å². The van der Waals surface area contributed by atoms with E-state index in [1.807, 2.05) is 0 Å². The Morgan fingerprint density at radius 3 is 2.06 bits per heavy atom. The van der Waals surface area contributed by atoms with Gasteiger partial charge in [-0.3, -0.25) is 0 Å². The van der Waals surface area contributed by atoms with Gasteiger partial charge < -0.3 is 4.74 Å². The molecule has 1 unspecified atom stereocenters. The summed E-state index contributed by atoms with van der Waals surface area (Å²) < 4.78 is 38.6. The fourth-order valence-electron chi connectivity index (χ4n) is 1.48. The van der Waals surface area contributed by atoms with Crippen LogP contribution < -0.4 is 4.74 Å². The number of alkyl halides is 5. The van der Waals surface area contributed by atoms with Gasteiger partial charge in [-0.2, -0.15) is 0 Å². The molecule has 0 bridgehead atoms. The minimum Gasteiger partial charge on any atom is -0.406 e. The lowest BCUT2D eigenvalue weighted by Gasteiger charge is -2.09. The van der Waals surface area contributed by atoms with Crippen LogP contribution in [0.15, 0.2) is 24.3 Å².